The topological polar surface area (TPSA) is 23.5 Å². The molecule has 2 heteroatoms. The Hall–Kier alpha value is -1.02. The van der Waals surface area contributed by atoms with Crippen LogP contribution in [0, 0.1) is 0 Å². The van der Waals surface area contributed by atoms with Crippen molar-refractivity contribution in [2.45, 2.75) is 50.5 Å². The highest BCUT2D eigenvalue weighted by molar-refractivity contribution is 5.44. The van der Waals surface area contributed by atoms with Gasteiger partial charge in [0, 0.05) is 11.5 Å². The normalized spacial score (nSPS) is 31.8. The van der Waals surface area contributed by atoms with E-state index in [2.05, 4.69) is 24.9 Å². The fraction of sp³-hybridized carbons (Fsp3) is 0.625. The van der Waals surface area contributed by atoms with Crippen LogP contribution in [0.1, 0.15) is 43.7 Å². The number of likely N-dealkylation sites (N-methyl/N-ethyl adjacent to an activating group) is 1. The minimum absolute atomic E-state index is 0.277. The molecular weight excluding hydrogens is 222 g/mol. The van der Waals surface area contributed by atoms with Crippen LogP contribution in [0.15, 0.2) is 18.2 Å². The first-order valence-corrected chi connectivity index (χ1v) is 7.20. The van der Waals surface area contributed by atoms with Crippen LogP contribution >= 0.6 is 0 Å². The van der Waals surface area contributed by atoms with Gasteiger partial charge in [0.05, 0.1) is 0 Å². The maximum Gasteiger partial charge on any atom is 0.115 e. The van der Waals surface area contributed by atoms with Crippen molar-refractivity contribution in [3.8, 4) is 5.75 Å². The molecule has 0 unspecified atom stereocenters. The van der Waals surface area contributed by atoms with Crippen molar-refractivity contribution < 1.29 is 5.11 Å². The van der Waals surface area contributed by atoms with Gasteiger partial charge in [-0.1, -0.05) is 13.0 Å². The van der Waals surface area contributed by atoms with E-state index < -0.39 is 0 Å². The highest BCUT2D eigenvalue weighted by Crippen LogP contribution is 2.48. The lowest BCUT2D eigenvalue weighted by atomic mass is 9.61. The van der Waals surface area contributed by atoms with E-state index in [4.69, 9.17) is 0 Å². The van der Waals surface area contributed by atoms with Crippen molar-refractivity contribution in [1.82, 2.24) is 4.90 Å². The Morgan fingerprint density at radius 2 is 2.28 bits per heavy atom. The molecule has 0 amide bonds. The third kappa shape index (κ3) is 1.58. The molecule has 1 saturated heterocycles. The molecule has 1 fully saturated rings. The minimum Gasteiger partial charge on any atom is -0.508 e. The van der Waals surface area contributed by atoms with E-state index in [1.165, 1.54) is 43.4 Å². The van der Waals surface area contributed by atoms with Gasteiger partial charge in [0.25, 0.3) is 0 Å². The molecule has 18 heavy (non-hydrogen) atoms. The van der Waals surface area contributed by atoms with E-state index in [0.717, 1.165) is 6.42 Å². The number of benzene rings is 1. The Labute approximate surface area is 110 Å². The molecule has 1 aliphatic carbocycles. The largest absolute Gasteiger partial charge is 0.508 e. The zero-order valence-electron chi connectivity index (χ0n) is 11.4. The summed E-state index contributed by atoms with van der Waals surface area (Å²) in [7, 11) is 2.27. The predicted molar refractivity (Wildman–Crippen MR) is 74.0 cm³/mol. The number of aryl methyl sites for hydroxylation is 1. The van der Waals surface area contributed by atoms with Gasteiger partial charge in [-0.05, 0) is 69.0 Å². The third-order valence-corrected chi connectivity index (χ3v) is 5.25. The first kappa shape index (κ1) is 12.0. The molecule has 1 N–H and O–H groups in total. The molecule has 1 aromatic rings. The van der Waals surface area contributed by atoms with Gasteiger partial charge in [-0.25, -0.2) is 0 Å². The van der Waals surface area contributed by atoms with Crippen LogP contribution in [0.5, 0.6) is 5.75 Å². The average molecular weight is 245 g/mol. The summed E-state index contributed by atoms with van der Waals surface area (Å²) in [6.07, 6.45) is 6.15. The second-order valence-corrected chi connectivity index (χ2v) is 5.99. The van der Waals surface area contributed by atoms with Crippen LogP contribution in [0.3, 0.4) is 0 Å². The monoisotopic (exact) mass is 245 g/mol. The summed E-state index contributed by atoms with van der Waals surface area (Å²) in [5.74, 6) is 0.426. The van der Waals surface area contributed by atoms with Crippen molar-refractivity contribution in [3.63, 3.8) is 0 Å². The summed E-state index contributed by atoms with van der Waals surface area (Å²) >= 11 is 0. The number of piperidine rings is 1. The lowest BCUT2D eigenvalue weighted by Crippen LogP contribution is -2.55. The van der Waals surface area contributed by atoms with Gasteiger partial charge in [-0.2, -0.15) is 0 Å². The lowest BCUT2D eigenvalue weighted by molar-refractivity contribution is 0.0706. The number of nitrogens with zero attached hydrogens (tertiary/aromatic N) is 1. The minimum atomic E-state index is 0.277. The van der Waals surface area contributed by atoms with Gasteiger partial charge >= 0.3 is 0 Å². The third-order valence-electron chi connectivity index (χ3n) is 5.25. The van der Waals surface area contributed by atoms with Gasteiger partial charge in [-0.15, -0.1) is 0 Å². The van der Waals surface area contributed by atoms with E-state index in [-0.39, 0.29) is 5.41 Å². The zero-order valence-corrected chi connectivity index (χ0v) is 11.4. The summed E-state index contributed by atoms with van der Waals surface area (Å²) in [5.41, 5.74) is 3.16. The van der Waals surface area contributed by atoms with Gasteiger partial charge in [0.2, 0.25) is 0 Å². The molecule has 3 rings (SSSR count). The number of rotatable bonds is 1. The van der Waals surface area contributed by atoms with E-state index in [1.807, 2.05) is 12.1 Å². The molecule has 0 saturated carbocycles. The van der Waals surface area contributed by atoms with Crippen LogP contribution in [-0.4, -0.2) is 29.6 Å². The quantitative estimate of drug-likeness (QED) is 0.822. The molecule has 0 spiro atoms. The Bertz CT molecular complexity index is 456. The Balaban J connectivity index is 2.14. The fourth-order valence-corrected chi connectivity index (χ4v) is 4.34. The molecule has 2 aliphatic rings. The van der Waals surface area contributed by atoms with Crippen molar-refractivity contribution in [2.24, 2.45) is 0 Å². The van der Waals surface area contributed by atoms with E-state index in [1.54, 1.807) is 0 Å². The molecule has 2 nitrogen and oxygen atoms in total. The summed E-state index contributed by atoms with van der Waals surface area (Å²) in [4.78, 5) is 2.54. The van der Waals surface area contributed by atoms with Gasteiger partial charge < -0.3 is 10.0 Å². The van der Waals surface area contributed by atoms with Crippen molar-refractivity contribution in [2.75, 3.05) is 13.6 Å². The number of aromatic hydroxyl groups is 1. The molecule has 1 aromatic carbocycles. The SMILES string of the molecule is CC[C@@]12CCCN(C)[C@@H]1CCc1ccc(O)cc12. The Morgan fingerprint density at radius 1 is 1.44 bits per heavy atom. The highest BCUT2D eigenvalue weighted by atomic mass is 16.3. The fourth-order valence-electron chi connectivity index (χ4n) is 4.34. The van der Waals surface area contributed by atoms with Crippen LogP contribution in [0.25, 0.3) is 0 Å². The smallest absolute Gasteiger partial charge is 0.115 e. The van der Waals surface area contributed by atoms with Crippen molar-refractivity contribution in [3.05, 3.63) is 29.3 Å². The molecule has 2 atom stereocenters. The van der Waals surface area contributed by atoms with Gasteiger partial charge in [0.15, 0.2) is 0 Å². The van der Waals surface area contributed by atoms with Crippen molar-refractivity contribution in [1.29, 1.82) is 0 Å². The first-order chi connectivity index (χ1) is 8.67. The first-order valence-electron chi connectivity index (χ1n) is 7.20. The predicted octanol–water partition coefficient (Wildman–Crippen LogP) is 3.08. The summed E-state index contributed by atoms with van der Waals surface area (Å²) in [6, 6.07) is 6.66. The second kappa shape index (κ2) is 4.27. The average Bonchev–Trinajstić information content (AvgIpc) is 2.39. The molecule has 98 valence electrons. The highest BCUT2D eigenvalue weighted by Gasteiger charge is 2.46. The Kier molecular flexibility index (Phi) is 2.86. The van der Waals surface area contributed by atoms with E-state index >= 15 is 0 Å². The Morgan fingerprint density at radius 3 is 3.06 bits per heavy atom. The lowest BCUT2D eigenvalue weighted by Gasteiger charge is -2.52. The number of hydrogen-bond donors (Lipinski definition) is 1. The van der Waals surface area contributed by atoms with Gasteiger partial charge in [-0.3, -0.25) is 0 Å². The standard InChI is InChI=1S/C16H23NO/c1-3-16-9-4-10-17(2)15(16)8-6-12-5-7-13(18)11-14(12)16/h5,7,11,15,18H,3-4,6,8-10H2,1-2H3/t15-,16+/m1/s1. The van der Waals surface area contributed by atoms with Crippen LogP contribution < -0.4 is 0 Å². The molecule has 0 bridgehead atoms. The molecular formula is C16H23NO. The maximum absolute atomic E-state index is 9.84. The number of fused-ring (bicyclic) bond motifs is 3. The number of hydrogen-bond acceptors (Lipinski definition) is 2. The van der Waals surface area contributed by atoms with Gasteiger partial charge in [0.1, 0.15) is 5.75 Å². The molecule has 1 heterocycles. The molecule has 1 aliphatic heterocycles. The summed E-state index contributed by atoms with van der Waals surface area (Å²) < 4.78 is 0. The number of phenols is 1. The molecule has 0 aromatic heterocycles. The number of phenolic OH excluding ortho intramolecular Hbond substituents is 1. The second-order valence-electron chi connectivity index (χ2n) is 5.99. The van der Waals surface area contributed by atoms with E-state index in [0.29, 0.717) is 11.8 Å². The van der Waals surface area contributed by atoms with E-state index in [9.17, 15) is 5.11 Å². The summed E-state index contributed by atoms with van der Waals surface area (Å²) in [5, 5.41) is 9.84. The van der Waals surface area contributed by atoms with Crippen LogP contribution in [-0.2, 0) is 11.8 Å². The summed E-state index contributed by atoms with van der Waals surface area (Å²) in [6.45, 7) is 3.53. The molecule has 0 radical (unpaired) electrons. The van der Waals surface area contributed by atoms with Crippen LogP contribution in [0.4, 0.5) is 0 Å². The van der Waals surface area contributed by atoms with Crippen LogP contribution in [0.2, 0.25) is 0 Å². The van der Waals surface area contributed by atoms with Crippen molar-refractivity contribution >= 4 is 0 Å². The number of likely N-dealkylation sites (tertiary alicyclic amines) is 1. The maximum atomic E-state index is 9.84. The zero-order chi connectivity index (χ0) is 12.8.